The molecule has 0 saturated carbocycles. The van der Waals surface area contributed by atoms with Gasteiger partial charge < -0.3 is 24.0 Å². The van der Waals surface area contributed by atoms with Crippen LogP contribution >= 0.6 is 23.2 Å². The van der Waals surface area contributed by atoms with Gasteiger partial charge >= 0.3 is 6.09 Å². The van der Waals surface area contributed by atoms with E-state index < -0.39 is 17.8 Å². The zero-order chi connectivity index (χ0) is 23.2. The van der Waals surface area contributed by atoms with Crippen LogP contribution in [-0.2, 0) is 4.74 Å². The van der Waals surface area contributed by atoms with Crippen LogP contribution in [0, 0.1) is 0 Å². The van der Waals surface area contributed by atoms with Crippen molar-refractivity contribution < 1.29 is 19.4 Å². The average Bonchev–Trinajstić information content (AvgIpc) is 2.86. The van der Waals surface area contributed by atoms with Crippen molar-refractivity contribution in [2.24, 2.45) is 0 Å². The summed E-state index contributed by atoms with van der Waals surface area (Å²) in [6.07, 6.45) is 0.258. The fourth-order valence-corrected chi connectivity index (χ4v) is 4.86. The molecule has 6 nitrogen and oxygen atoms in total. The van der Waals surface area contributed by atoms with E-state index in [4.69, 9.17) is 32.7 Å². The molecule has 1 amide bonds. The number of hydrogen-bond donors (Lipinski definition) is 1. The van der Waals surface area contributed by atoms with Crippen LogP contribution in [0.5, 0.6) is 5.75 Å². The van der Waals surface area contributed by atoms with E-state index in [0.29, 0.717) is 28.8 Å². The van der Waals surface area contributed by atoms with Crippen LogP contribution in [0.25, 0.3) is 21.8 Å². The third-order valence-electron chi connectivity index (χ3n) is 5.80. The number of aliphatic hydroxyl groups is 1. The molecule has 0 unspecified atom stereocenters. The maximum absolute atomic E-state index is 12.6. The summed E-state index contributed by atoms with van der Waals surface area (Å²) in [5.74, 6) is 0.563. The molecular weight excluding hydrogens is 451 g/mol. The molecule has 0 bridgehead atoms. The van der Waals surface area contributed by atoms with E-state index in [1.807, 2.05) is 51.1 Å². The van der Waals surface area contributed by atoms with Gasteiger partial charge in [0.2, 0.25) is 0 Å². The third kappa shape index (κ3) is 4.36. The van der Waals surface area contributed by atoms with Crippen LogP contribution in [0.1, 0.15) is 39.7 Å². The number of hydrogen-bond acceptors (Lipinski definition) is 4. The van der Waals surface area contributed by atoms with Crippen LogP contribution in [0.15, 0.2) is 30.3 Å². The third-order valence-corrected chi connectivity index (χ3v) is 6.33. The number of likely N-dealkylation sites (tertiary alicyclic amines) is 1. The largest absolute Gasteiger partial charge is 0.495 e. The maximum atomic E-state index is 12.6. The number of rotatable bonds is 2. The highest BCUT2D eigenvalue weighted by Gasteiger charge is 2.33. The number of aromatic nitrogens is 1. The molecule has 2 atom stereocenters. The Kier molecular flexibility index (Phi) is 6.23. The second kappa shape index (κ2) is 8.65. The SMILES string of the molecule is COc1cc2c(cc1Cl)c1cc(Cl)ccc1n2[C@@H]1CCCN(C(=O)OC(C)(C)C)C[C@H]1O. The summed E-state index contributed by atoms with van der Waals surface area (Å²) in [5.41, 5.74) is 1.26. The molecule has 172 valence electrons. The minimum Gasteiger partial charge on any atom is -0.495 e. The quantitative estimate of drug-likeness (QED) is 0.487. The van der Waals surface area contributed by atoms with Gasteiger partial charge in [-0.2, -0.15) is 0 Å². The molecule has 2 heterocycles. The molecule has 0 aliphatic carbocycles. The number of carbonyl (C=O) groups is 1. The summed E-state index contributed by atoms with van der Waals surface area (Å²) in [6, 6.07) is 9.24. The van der Waals surface area contributed by atoms with Crippen molar-refractivity contribution in [1.82, 2.24) is 9.47 Å². The van der Waals surface area contributed by atoms with Crippen LogP contribution in [0.3, 0.4) is 0 Å². The normalized spacial score (nSPS) is 19.9. The van der Waals surface area contributed by atoms with Gasteiger partial charge in [0.15, 0.2) is 0 Å². The van der Waals surface area contributed by atoms with Gasteiger partial charge in [-0.05, 0) is 57.9 Å². The molecule has 2 aromatic carbocycles. The van der Waals surface area contributed by atoms with Crippen molar-refractivity contribution >= 4 is 51.1 Å². The molecule has 8 heteroatoms. The molecule has 1 N–H and O–H groups in total. The first kappa shape index (κ1) is 23.0. The fraction of sp³-hybridized carbons (Fsp3) is 0.458. The number of benzene rings is 2. The molecule has 32 heavy (non-hydrogen) atoms. The molecular formula is C24H28Cl2N2O4. The van der Waals surface area contributed by atoms with Gasteiger partial charge in [0.1, 0.15) is 11.4 Å². The summed E-state index contributed by atoms with van der Waals surface area (Å²) in [4.78, 5) is 14.2. The molecule has 0 spiro atoms. The molecule has 1 saturated heterocycles. The first-order valence-electron chi connectivity index (χ1n) is 10.7. The van der Waals surface area contributed by atoms with Crippen LogP contribution in [0.4, 0.5) is 4.79 Å². The predicted molar refractivity (Wildman–Crippen MR) is 128 cm³/mol. The van der Waals surface area contributed by atoms with E-state index in [9.17, 15) is 9.90 Å². The summed E-state index contributed by atoms with van der Waals surface area (Å²) in [7, 11) is 1.58. The van der Waals surface area contributed by atoms with Gasteiger partial charge in [0, 0.05) is 33.9 Å². The Labute approximate surface area is 197 Å². The lowest BCUT2D eigenvalue weighted by Crippen LogP contribution is -2.41. The Balaban J connectivity index is 1.79. The molecule has 1 fully saturated rings. The number of nitrogens with zero attached hydrogens (tertiary/aromatic N) is 2. The zero-order valence-electron chi connectivity index (χ0n) is 18.7. The number of halogens is 2. The lowest BCUT2D eigenvalue weighted by atomic mass is 10.1. The minimum absolute atomic E-state index is 0.194. The number of amides is 1. The number of aliphatic hydroxyl groups excluding tert-OH is 1. The van der Waals surface area contributed by atoms with Crippen molar-refractivity contribution in [3.05, 3.63) is 40.4 Å². The lowest BCUT2D eigenvalue weighted by molar-refractivity contribution is 0.0142. The highest BCUT2D eigenvalue weighted by atomic mass is 35.5. The standard InChI is InChI=1S/C24H28Cl2N2O4/c1-24(2,3)32-23(30)27-9-5-6-19(21(29)13-27)28-18-8-7-14(25)10-15(18)16-11-17(26)22(31-4)12-20(16)28/h7-8,10-12,19,21,29H,5-6,9,13H2,1-4H3/t19-,21-/m1/s1. The van der Waals surface area contributed by atoms with E-state index in [1.54, 1.807) is 12.0 Å². The van der Waals surface area contributed by atoms with E-state index in [-0.39, 0.29) is 12.6 Å². The van der Waals surface area contributed by atoms with Crippen molar-refractivity contribution in [1.29, 1.82) is 0 Å². The molecule has 0 radical (unpaired) electrons. The van der Waals surface area contributed by atoms with Gasteiger partial charge in [-0.25, -0.2) is 4.79 Å². The van der Waals surface area contributed by atoms with Crippen molar-refractivity contribution in [3.8, 4) is 5.75 Å². The average molecular weight is 479 g/mol. The Bertz CT molecular complexity index is 1170. The van der Waals surface area contributed by atoms with Crippen LogP contribution in [-0.4, -0.2) is 52.6 Å². The van der Waals surface area contributed by atoms with Crippen LogP contribution < -0.4 is 4.74 Å². The molecule has 1 aliphatic rings. The number of β-amino-alcohol motifs (C(OH)–C–C–N with tert-alkyl or cyclic N) is 1. The Morgan fingerprint density at radius 2 is 1.84 bits per heavy atom. The number of fused-ring (bicyclic) bond motifs is 3. The molecule has 1 aliphatic heterocycles. The van der Waals surface area contributed by atoms with Crippen LogP contribution in [0.2, 0.25) is 10.0 Å². The summed E-state index contributed by atoms with van der Waals surface area (Å²) in [6.45, 7) is 6.23. The zero-order valence-corrected chi connectivity index (χ0v) is 20.2. The minimum atomic E-state index is -0.777. The summed E-state index contributed by atoms with van der Waals surface area (Å²) < 4.78 is 13.1. The molecule has 3 aromatic rings. The molecule has 1 aromatic heterocycles. The maximum Gasteiger partial charge on any atom is 0.410 e. The topological polar surface area (TPSA) is 63.9 Å². The van der Waals surface area contributed by atoms with Crippen molar-refractivity contribution in [2.75, 3.05) is 20.2 Å². The molecule has 4 rings (SSSR count). The highest BCUT2D eigenvalue weighted by Crippen LogP contribution is 2.40. The van der Waals surface area contributed by atoms with Crippen molar-refractivity contribution in [3.63, 3.8) is 0 Å². The second-order valence-electron chi connectivity index (χ2n) is 9.24. The fourth-order valence-electron chi connectivity index (χ4n) is 4.45. The van der Waals surface area contributed by atoms with Gasteiger partial charge in [0.25, 0.3) is 0 Å². The monoisotopic (exact) mass is 478 g/mol. The number of ether oxygens (including phenoxy) is 2. The van der Waals surface area contributed by atoms with E-state index >= 15 is 0 Å². The number of carbonyl (C=O) groups excluding carboxylic acids is 1. The summed E-state index contributed by atoms with van der Waals surface area (Å²) >= 11 is 12.7. The summed E-state index contributed by atoms with van der Waals surface area (Å²) in [5, 5.41) is 14.3. The van der Waals surface area contributed by atoms with Gasteiger partial charge in [-0.3, -0.25) is 0 Å². The highest BCUT2D eigenvalue weighted by molar-refractivity contribution is 6.34. The predicted octanol–water partition coefficient (Wildman–Crippen LogP) is 6.04. The lowest BCUT2D eigenvalue weighted by Gasteiger charge is -2.29. The van der Waals surface area contributed by atoms with Gasteiger partial charge in [-0.1, -0.05) is 23.2 Å². The second-order valence-corrected chi connectivity index (χ2v) is 10.1. The Hall–Kier alpha value is -2.15. The van der Waals surface area contributed by atoms with E-state index in [2.05, 4.69) is 4.57 Å². The van der Waals surface area contributed by atoms with Crippen molar-refractivity contribution in [2.45, 2.75) is 51.4 Å². The Morgan fingerprint density at radius 1 is 1.12 bits per heavy atom. The van der Waals surface area contributed by atoms with E-state index in [0.717, 1.165) is 28.2 Å². The van der Waals surface area contributed by atoms with Gasteiger partial charge in [-0.15, -0.1) is 0 Å². The first-order chi connectivity index (χ1) is 15.1. The first-order valence-corrected chi connectivity index (χ1v) is 11.5. The number of methoxy groups -OCH3 is 1. The Morgan fingerprint density at radius 3 is 2.53 bits per heavy atom. The van der Waals surface area contributed by atoms with Gasteiger partial charge in [0.05, 0.1) is 36.3 Å². The smallest absolute Gasteiger partial charge is 0.410 e. The van der Waals surface area contributed by atoms with E-state index in [1.165, 1.54) is 0 Å².